The van der Waals surface area contributed by atoms with Crippen molar-refractivity contribution in [2.45, 2.75) is 26.1 Å². The van der Waals surface area contributed by atoms with Crippen molar-refractivity contribution in [3.63, 3.8) is 0 Å². The van der Waals surface area contributed by atoms with E-state index in [1.54, 1.807) is 31.7 Å². The topological polar surface area (TPSA) is 112 Å². The number of hydrogen-bond acceptors (Lipinski definition) is 7. The van der Waals surface area contributed by atoms with E-state index in [0.717, 1.165) is 22.6 Å². The van der Waals surface area contributed by atoms with Gasteiger partial charge in [-0.05, 0) is 67.6 Å². The van der Waals surface area contributed by atoms with Crippen LogP contribution in [-0.4, -0.2) is 51.8 Å². The molecule has 200 valence electrons. The Morgan fingerprint density at radius 2 is 1.41 bits per heavy atom. The van der Waals surface area contributed by atoms with Gasteiger partial charge < -0.3 is 16.0 Å². The molecular formula is C30H33N7O2. The normalized spacial score (nSPS) is 10.8. The van der Waals surface area contributed by atoms with Gasteiger partial charge in [0.15, 0.2) is 0 Å². The smallest absolute Gasteiger partial charge is 0.257 e. The summed E-state index contributed by atoms with van der Waals surface area (Å²) in [4.78, 5) is 40.0. The number of carbonyl (C=O) groups is 2. The van der Waals surface area contributed by atoms with E-state index in [-0.39, 0.29) is 11.8 Å². The van der Waals surface area contributed by atoms with Gasteiger partial charge in [-0.2, -0.15) is 0 Å². The summed E-state index contributed by atoms with van der Waals surface area (Å²) >= 11 is 0. The summed E-state index contributed by atoms with van der Waals surface area (Å²) in [6.07, 6.45) is 5.90. The summed E-state index contributed by atoms with van der Waals surface area (Å²) < 4.78 is 0. The van der Waals surface area contributed by atoms with E-state index in [0.29, 0.717) is 50.4 Å². The van der Waals surface area contributed by atoms with E-state index < -0.39 is 0 Å². The first kappa shape index (κ1) is 27.6. The van der Waals surface area contributed by atoms with Crippen LogP contribution in [0.5, 0.6) is 0 Å². The number of rotatable bonds is 13. The zero-order valence-corrected chi connectivity index (χ0v) is 22.0. The van der Waals surface area contributed by atoms with Crippen LogP contribution in [0.4, 0.5) is 5.69 Å². The molecule has 39 heavy (non-hydrogen) atoms. The molecule has 0 bridgehead atoms. The number of anilines is 1. The number of pyridine rings is 3. The van der Waals surface area contributed by atoms with E-state index >= 15 is 0 Å². The standard InChI is InChI=1S/C30H33N7O2/c1-31-19-29(38)34-17-14-23-8-11-25(12-9-23)36-30(39)24-10-13-28(35-18-24)22-37(20-26-6-2-4-15-32-26)21-27-7-3-5-16-33-27/h2-13,15-16,18,31H,14,17,19-22H2,1H3,(H,34,38)(H,36,39). The summed E-state index contributed by atoms with van der Waals surface area (Å²) in [6, 6.07) is 23.0. The molecule has 0 spiro atoms. The summed E-state index contributed by atoms with van der Waals surface area (Å²) in [5, 5.41) is 8.59. The molecule has 9 nitrogen and oxygen atoms in total. The van der Waals surface area contributed by atoms with Crippen molar-refractivity contribution < 1.29 is 9.59 Å². The molecular weight excluding hydrogens is 490 g/mol. The molecule has 0 aliphatic heterocycles. The molecule has 3 N–H and O–H groups in total. The van der Waals surface area contributed by atoms with Gasteiger partial charge in [-0.1, -0.05) is 24.3 Å². The maximum atomic E-state index is 12.8. The predicted molar refractivity (Wildman–Crippen MR) is 151 cm³/mol. The number of nitrogens with one attached hydrogen (secondary N) is 3. The fourth-order valence-electron chi connectivity index (χ4n) is 4.02. The molecule has 9 heteroatoms. The third-order valence-corrected chi connectivity index (χ3v) is 5.98. The second-order valence-electron chi connectivity index (χ2n) is 9.11. The summed E-state index contributed by atoms with van der Waals surface area (Å²) in [7, 11) is 1.74. The Bertz CT molecular complexity index is 1270. The minimum absolute atomic E-state index is 0.0323. The number of amides is 2. The minimum Gasteiger partial charge on any atom is -0.355 e. The van der Waals surface area contributed by atoms with Crippen molar-refractivity contribution >= 4 is 17.5 Å². The molecule has 0 saturated carbocycles. The van der Waals surface area contributed by atoms with Crippen molar-refractivity contribution in [3.8, 4) is 0 Å². The van der Waals surface area contributed by atoms with Gasteiger partial charge in [-0.25, -0.2) is 0 Å². The first-order valence-corrected chi connectivity index (χ1v) is 12.9. The van der Waals surface area contributed by atoms with E-state index in [9.17, 15) is 9.59 Å². The monoisotopic (exact) mass is 523 g/mol. The Balaban J connectivity index is 1.32. The SMILES string of the molecule is CNCC(=O)NCCc1ccc(NC(=O)c2ccc(CN(Cc3ccccn3)Cc3ccccn3)nc2)cc1. The van der Waals surface area contributed by atoms with Gasteiger partial charge in [-0.15, -0.1) is 0 Å². The zero-order valence-electron chi connectivity index (χ0n) is 22.0. The van der Waals surface area contributed by atoms with Crippen LogP contribution in [0.2, 0.25) is 0 Å². The van der Waals surface area contributed by atoms with Crippen LogP contribution in [0, 0.1) is 0 Å². The Hall–Kier alpha value is -4.47. The van der Waals surface area contributed by atoms with Crippen LogP contribution in [0.25, 0.3) is 0 Å². The van der Waals surface area contributed by atoms with Crippen LogP contribution < -0.4 is 16.0 Å². The lowest BCUT2D eigenvalue weighted by atomic mass is 10.1. The second-order valence-corrected chi connectivity index (χ2v) is 9.11. The Morgan fingerprint density at radius 3 is 1.95 bits per heavy atom. The molecule has 0 fully saturated rings. The van der Waals surface area contributed by atoms with Gasteiger partial charge in [0, 0.05) is 50.5 Å². The number of hydrogen-bond donors (Lipinski definition) is 3. The molecule has 0 aliphatic rings. The highest BCUT2D eigenvalue weighted by atomic mass is 16.2. The molecule has 4 rings (SSSR count). The van der Waals surface area contributed by atoms with Crippen LogP contribution >= 0.6 is 0 Å². The van der Waals surface area contributed by atoms with E-state index in [4.69, 9.17) is 0 Å². The van der Waals surface area contributed by atoms with Crippen molar-refractivity contribution in [2.75, 3.05) is 25.5 Å². The summed E-state index contributed by atoms with van der Waals surface area (Å²) in [5.74, 6) is -0.255. The molecule has 3 heterocycles. The van der Waals surface area contributed by atoms with Crippen molar-refractivity contribution in [1.29, 1.82) is 0 Å². The third kappa shape index (κ3) is 9.10. The largest absolute Gasteiger partial charge is 0.355 e. The maximum Gasteiger partial charge on any atom is 0.257 e. The lowest BCUT2D eigenvalue weighted by molar-refractivity contribution is -0.120. The van der Waals surface area contributed by atoms with Gasteiger partial charge in [0.1, 0.15) is 0 Å². The molecule has 0 aliphatic carbocycles. The highest BCUT2D eigenvalue weighted by Crippen LogP contribution is 2.14. The van der Waals surface area contributed by atoms with Gasteiger partial charge in [0.25, 0.3) is 5.91 Å². The number of carbonyl (C=O) groups excluding carboxylic acids is 2. The predicted octanol–water partition coefficient (Wildman–Crippen LogP) is 3.20. The maximum absolute atomic E-state index is 12.8. The molecule has 4 aromatic rings. The molecule has 2 amide bonds. The molecule has 0 saturated heterocycles. The lowest BCUT2D eigenvalue weighted by Gasteiger charge is -2.21. The highest BCUT2D eigenvalue weighted by molar-refractivity contribution is 6.04. The number of likely N-dealkylation sites (N-methyl/N-ethyl adjacent to an activating group) is 1. The fourth-order valence-corrected chi connectivity index (χ4v) is 4.02. The van der Waals surface area contributed by atoms with Gasteiger partial charge in [-0.3, -0.25) is 29.4 Å². The van der Waals surface area contributed by atoms with Crippen LogP contribution in [0.15, 0.2) is 91.4 Å². The summed E-state index contributed by atoms with van der Waals surface area (Å²) in [6.45, 7) is 2.76. The lowest BCUT2D eigenvalue weighted by Crippen LogP contribution is -2.33. The van der Waals surface area contributed by atoms with E-state index in [1.165, 1.54) is 0 Å². The molecule has 3 aromatic heterocycles. The first-order chi connectivity index (χ1) is 19.1. The zero-order chi connectivity index (χ0) is 27.3. The van der Waals surface area contributed by atoms with Crippen LogP contribution in [0.3, 0.4) is 0 Å². The highest BCUT2D eigenvalue weighted by Gasteiger charge is 2.12. The first-order valence-electron chi connectivity index (χ1n) is 12.9. The molecule has 1 aromatic carbocycles. The molecule has 0 atom stereocenters. The van der Waals surface area contributed by atoms with Crippen LogP contribution in [-0.2, 0) is 30.8 Å². The van der Waals surface area contributed by atoms with Gasteiger partial charge >= 0.3 is 0 Å². The quantitative estimate of drug-likeness (QED) is 0.247. The number of aromatic nitrogens is 3. The van der Waals surface area contributed by atoms with Gasteiger partial charge in [0.05, 0.1) is 29.2 Å². The second kappa shape index (κ2) is 14.5. The Morgan fingerprint density at radius 1 is 0.769 bits per heavy atom. The Labute approximate surface area is 228 Å². The average Bonchev–Trinajstić information content (AvgIpc) is 2.95. The van der Waals surface area contributed by atoms with Crippen molar-refractivity contribution in [1.82, 2.24) is 30.5 Å². The molecule has 0 unspecified atom stereocenters. The average molecular weight is 524 g/mol. The summed E-state index contributed by atoms with van der Waals surface area (Å²) in [5.41, 5.74) is 5.04. The number of nitrogens with zero attached hydrogens (tertiary/aromatic N) is 4. The van der Waals surface area contributed by atoms with Crippen molar-refractivity contribution in [2.24, 2.45) is 0 Å². The van der Waals surface area contributed by atoms with E-state index in [1.807, 2.05) is 66.7 Å². The molecule has 0 radical (unpaired) electrons. The minimum atomic E-state index is -0.222. The number of benzene rings is 1. The van der Waals surface area contributed by atoms with Gasteiger partial charge in [0.2, 0.25) is 5.91 Å². The fraction of sp³-hybridized carbons (Fsp3) is 0.233. The third-order valence-electron chi connectivity index (χ3n) is 5.98. The Kier molecular flexibility index (Phi) is 10.2. The van der Waals surface area contributed by atoms with Crippen LogP contribution in [0.1, 0.15) is 33.0 Å². The van der Waals surface area contributed by atoms with E-state index in [2.05, 4.69) is 35.8 Å². The van der Waals surface area contributed by atoms with Crippen molar-refractivity contribution in [3.05, 3.63) is 120 Å².